The van der Waals surface area contributed by atoms with Crippen LogP contribution in [0.2, 0.25) is 0 Å². The van der Waals surface area contributed by atoms with Gasteiger partial charge >= 0.3 is 0 Å². The lowest BCUT2D eigenvalue weighted by molar-refractivity contribution is 0.262. The molecule has 1 aromatic carbocycles. The number of aromatic nitrogens is 1. The van der Waals surface area contributed by atoms with Crippen molar-refractivity contribution in [2.24, 2.45) is 10.7 Å². The number of nitrogens with zero attached hydrogens (tertiary/aromatic N) is 2. The lowest BCUT2D eigenvalue weighted by Crippen LogP contribution is -2.37. The minimum Gasteiger partial charge on any atom is -0.493 e. The van der Waals surface area contributed by atoms with E-state index in [0.717, 1.165) is 29.0 Å². The van der Waals surface area contributed by atoms with E-state index in [1.54, 1.807) is 0 Å². The molecule has 1 aliphatic rings. The van der Waals surface area contributed by atoms with Gasteiger partial charge in [0, 0.05) is 23.9 Å². The maximum Gasteiger partial charge on any atom is 0.189 e. The van der Waals surface area contributed by atoms with Gasteiger partial charge in [-0.2, -0.15) is 0 Å². The van der Waals surface area contributed by atoms with Crippen LogP contribution in [-0.4, -0.2) is 17.6 Å². The zero-order valence-corrected chi connectivity index (χ0v) is 13.5. The average molecular weight is 310 g/mol. The molecule has 23 heavy (non-hydrogen) atoms. The second-order valence-corrected chi connectivity index (χ2v) is 5.83. The molecular formula is C18H22N4O. The number of ether oxygens (including phenoxy) is 1. The lowest BCUT2D eigenvalue weighted by atomic mass is 10.0. The highest BCUT2D eigenvalue weighted by molar-refractivity contribution is 5.78. The van der Waals surface area contributed by atoms with E-state index in [-0.39, 0.29) is 6.04 Å². The van der Waals surface area contributed by atoms with Crippen LogP contribution in [0.1, 0.15) is 34.8 Å². The Labute approximate surface area is 136 Å². The molecular weight excluding hydrogens is 288 g/mol. The van der Waals surface area contributed by atoms with Crippen LogP contribution in [0.5, 0.6) is 5.75 Å². The minimum absolute atomic E-state index is 0.140. The van der Waals surface area contributed by atoms with E-state index in [1.165, 1.54) is 5.56 Å². The molecule has 1 unspecified atom stereocenters. The van der Waals surface area contributed by atoms with Crippen molar-refractivity contribution in [1.82, 2.24) is 10.3 Å². The third-order valence-corrected chi connectivity index (χ3v) is 4.06. The van der Waals surface area contributed by atoms with Gasteiger partial charge in [-0.3, -0.25) is 4.98 Å². The average Bonchev–Trinajstić information content (AvgIpc) is 2.54. The van der Waals surface area contributed by atoms with E-state index in [0.29, 0.717) is 19.1 Å². The summed E-state index contributed by atoms with van der Waals surface area (Å²) in [6.45, 7) is 5.27. The maximum absolute atomic E-state index is 6.07. The summed E-state index contributed by atoms with van der Waals surface area (Å²) in [7, 11) is 0. The summed E-state index contributed by atoms with van der Waals surface area (Å²) in [6, 6.07) is 10.2. The van der Waals surface area contributed by atoms with Crippen LogP contribution in [0.3, 0.4) is 0 Å². The maximum atomic E-state index is 6.07. The van der Waals surface area contributed by atoms with E-state index in [4.69, 9.17) is 10.5 Å². The van der Waals surface area contributed by atoms with Gasteiger partial charge in [0.2, 0.25) is 0 Å². The van der Waals surface area contributed by atoms with Crippen molar-refractivity contribution in [2.75, 3.05) is 6.61 Å². The first-order valence-electron chi connectivity index (χ1n) is 7.84. The third kappa shape index (κ3) is 3.62. The fourth-order valence-electron chi connectivity index (χ4n) is 2.78. The van der Waals surface area contributed by atoms with Gasteiger partial charge in [-0.05, 0) is 37.1 Å². The highest BCUT2D eigenvalue weighted by Crippen LogP contribution is 2.31. The molecule has 0 radical (unpaired) electrons. The molecule has 0 saturated heterocycles. The molecule has 2 heterocycles. The fourth-order valence-corrected chi connectivity index (χ4v) is 2.78. The van der Waals surface area contributed by atoms with Crippen LogP contribution in [-0.2, 0) is 6.54 Å². The van der Waals surface area contributed by atoms with E-state index < -0.39 is 0 Å². The predicted molar refractivity (Wildman–Crippen MR) is 91.5 cm³/mol. The number of hydrogen-bond donors (Lipinski definition) is 2. The van der Waals surface area contributed by atoms with Crippen LogP contribution < -0.4 is 15.8 Å². The largest absolute Gasteiger partial charge is 0.493 e. The van der Waals surface area contributed by atoms with Crippen LogP contribution in [0.15, 0.2) is 41.5 Å². The Balaban J connectivity index is 1.68. The van der Waals surface area contributed by atoms with Gasteiger partial charge in [0.1, 0.15) is 5.75 Å². The van der Waals surface area contributed by atoms with Crippen molar-refractivity contribution < 1.29 is 4.74 Å². The van der Waals surface area contributed by atoms with Crippen LogP contribution in [0.4, 0.5) is 0 Å². The van der Waals surface area contributed by atoms with Crippen LogP contribution >= 0.6 is 0 Å². The summed E-state index contributed by atoms with van der Waals surface area (Å²) in [6.07, 6.45) is 2.74. The Kier molecular flexibility index (Phi) is 4.46. The number of pyridine rings is 1. The molecule has 1 atom stereocenters. The van der Waals surface area contributed by atoms with Gasteiger partial charge in [0.25, 0.3) is 0 Å². The number of aryl methyl sites for hydroxylation is 2. The molecule has 0 bridgehead atoms. The Bertz CT molecular complexity index is 727. The summed E-state index contributed by atoms with van der Waals surface area (Å²) in [5, 5.41) is 3.30. The molecule has 0 spiro atoms. The fraction of sp³-hybridized carbons (Fsp3) is 0.333. The van der Waals surface area contributed by atoms with E-state index in [1.807, 2.05) is 31.3 Å². The topological polar surface area (TPSA) is 72.5 Å². The Morgan fingerprint density at radius 1 is 1.39 bits per heavy atom. The van der Waals surface area contributed by atoms with Crippen molar-refractivity contribution in [3.63, 3.8) is 0 Å². The number of guanidine groups is 1. The second kappa shape index (κ2) is 6.69. The van der Waals surface area contributed by atoms with E-state index in [9.17, 15) is 0 Å². The summed E-state index contributed by atoms with van der Waals surface area (Å²) >= 11 is 0. The number of hydrogen-bond acceptors (Lipinski definition) is 3. The van der Waals surface area contributed by atoms with Crippen molar-refractivity contribution in [3.8, 4) is 5.75 Å². The van der Waals surface area contributed by atoms with Gasteiger partial charge < -0.3 is 15.8 Å². The first-order valence-corrected chi connectivity index (χ1v) is 7.84. The molecule has 5 heteroatoms. The highest BCUT2D eigenvalue weighted by Gasteiger charge is 2.21. The Hall–Kier alpha value is -2.56. The number of nitrogens with two attached hydrogens (primary N) is 1. The zero-order valence-electron chi connectivity index (χ0n) is 13.5. The van der Waals surface area contributed by atoms with Gasteiger partial charge in [-0.25, -0.2) is 4.99 Å². The quantitative estimate of drug-likeness (QED) is 0.675. The third-order valence-electron chi connectivity index (χ3n) is 4.06. The molecule has 0 amide bonds. The van der Waals surface area contributed by atoms with Crippen molar-refractivity contribution in [2.45, 2.75) is 32.9 Å². The summed E-state index contributed by atoms with van der Waals surface area (Å²) in [5.74, 6) is 1.37. The second-order valence-electron chi connectivity index (χ2n) is 5.83. The molecule has 5 nitrogen and oxygen atoms in total. The van der Waals surface area contributed by atoms with Gasteiger partial charge in [0.15, 0.2) is 5.96 Å². The number of para-hydroxylation sites is 1. The summed E-state index contributed by atoms with van der Waals surface area (Å²) < 4.78 is 5.66. The SMILES string of the molecule is Cc1cc(C)c(CN=C(N)NC2CCOc3ccccc32)cn1. The molecule has 3 N–H and O–H groups in total. The van der Waals surface area contributed by atoms with Crippen LogP contribution in [0, 0.1) is 13.8 Å². The Morgan fingerprint density at radius 2 is 2.22 bits per heavy atom. The first kappa shape index (κ1) is 15.3. The summed E-state index contributed by atoms with van der Waals surface area (Å²) in [4.78, 5) is 8.77. The number of nitrogens with one attached hydrogen (secondary N) is 1. The van der Waals surface area contributed by atoms with E-state index >= 15 is 0 Å². The van der Waals surface area contributed by atoms with Crippen LogP contribution in [0.25, 0.3) is 0 Å². The molecule has 0 saturated carbocycles. The molecule has 0 fully saturated rings. The zero-order chi connectivity index (χ0) is 16.2. The van der Waals surface area contributed by atoms with Gasteiger partial charge in [-0.1, -0.05) is 18.2 Å². The van der Waals surface area contributed by atoms with Crippen molar-refractivity contribution in [1.29, 1.82) is 0 Å². The number of benzene rings is 1. The molecule has 0 aliphatic carbocycles. The monoisotopic (exact) mass is 310 g/mol. The molecule has 2 aromatic rings. The highest BCUT2D eigenvalue weighted by atomic mass is 16.5. The number of rotatable bonds is 3. The van der Waals surface area contributed by atoms with E-state index in [2.05, 4.69) is 34.3 Å². The van der Waals surface area contributed by atoms with Crippen molar-refractivity contribution in [3.05, 3.63) is 58.9 Å². The predicted octanol–water partition coefficient (Wildman–Crippen LogP) is 2.63. The molecule has 1 aromatic heterocycles. The lowest BCUT2D eigenvalue weighted by Gasteiger charge is -2.26. The molecule has 3 rings (SSSR count). The number of aliphatic imine (C=N–C) groups is 1. The summed E-state index contributed by atoms with van der Waals surface area (Å²) in [5.41, 5.74) is 10.5. The Morgan fingerprint density at radius 3 is 3.04 bits per heavy atom. The van der Waals surface area contributed by atoms with Gasteiger partial charge in [-0.15, -0.1) is 0 Å². The smallest absolute Gasteiger partial charge is 0.189 e. The standard InChI is InChI=1S/C18H22N4O/c1-12-9-13(2)20-10-14(12)11-21-18(19)22-16-7-8-23-17-6-4-3-5-15(16)17/h3-6,9-10,16H,7-8,11H2,1-2H3,(H3,19,21,22). The molecule has 120 valence electrons. The first-order chi connectivity index (χ1) is 11.1. The van der Waals surface area contributed by atoms with Crippen molar-refractivity contribution >= 4 is 5.96 Å². The van der Waals surface area contributed by atoms with Gasteiger partial charge in [0.05, 0.1) is 19.2 Å². The minimum atomic E-state index is 0.140. The molecule has 1 aliphatic heterocycles. The normalized spacial score (nSPS) is 17.3. The number of fused-ring (bicyclic) bond motifs is 1.